The average molecular weight is 442 g/mol. The number of halogens is 1. The minimum atomic E-state index is -0.194. The molecular formula is C25H15I. The average Bonchev–Trinajstić information content (AvgIpc) is 3.15. The standard InChI is InChI=1S/C25H15I/c26-16-13-14-20-19-9-3-6-12-23(19)25(24(20)15-16)21-10-4-1-7-17(21)18-8-2-5-11-22(18)25/h1-15H. The van der Waals surface area contributed by atoms with Crippen molar-refractivity contribution in [3.8, 4) is 22.3 Å². The van der Waals surface area contributed by atoms with Gasteiger partial charge in [0.25, 0.3) is 0 Å². The third-order valence-electron chi connectivity index (χ3n) is 5.96. The molecule has 0 radical (unpaired) electrons. The topological polar surface area (TPSA) is 0 Å². The Hall–Kier alpha value is -2.39. The molecule has 1 heteroatoms. The highest BCUT2D eigenvalue weighted by molar-refractivity contribution is 14.1. The zero-order valence-corrected chi connectivity index (χ0v) is 16.2. The summed E-state index contributed by atoms with van der Waals surface area (Å²) in [5, 5.41) is 0. The molecule has 0 aromatic heterocycles. The minimum absolute atomic E-state index is 0.194. The van der Waals surface area contributed by atoms with Gasteiger partial charge >= 0.3 is 0 Å². The van der Waals surface area contributed by atoms with Gasteiger partial charge in [-0.2, -0.15) is 0 Å². The van der Waals surface area contributed by atoms with Crippen LogP contribution in [0.25, 0.3) is 22.3 Å². The van der Waals surface area contributed by atoms with E-state index in [1.54, 1.807) is 0 Å². The summed E-state index contributed by atoms with van der Waals surface area (Å²) < 4.78 is 1.29. The summed E-state index contributed by atoms with van der Waals surface area (Å²) in [6.45, 7) is 0. The van der Waals surface area contributed by atoms with E-state index in [1.165, 1.54) is 48.1 Å². The molecule has 0 fully saturated rings. The predicted octanol–water partition coefficient (Wildman–Crippen LogP) is 6.63. The van der Waals surface area contributed by atoms with E-state index in [0.29, 0.717) is 0 Å². The van der Waals surface area contributed by atoms with E-state index in [2.05, 4.69) is 114 Å². The van der Waals surface area contributed by atoms with Crippen LogP contribution in [0.5, 0.6) is 0 Å². The van der Waals surface area contributed by atoms with Crippen LogP contribution in [0.3, 0.4) is 0 Å². The van der Waals surface area contributed by atoms with Crippen molar-refractivity contribution in [2.24, 2.45) is 0 Å². The van der Waals surface area contributed by atoms with Gasteiger partial charge in [-0.15, -0.1) is 0 Å². The Kier molecular flexibility index (Phi) is 2.88. The molecule has 26 heavy (non-hydrogen) atoms. The van der Waals surface area contributed by atoms with Gasteiger partial charge in [-0.3, -0.25) is 0 Å². The molecule has 0 bridgehead atoms. The summed E-state index contributed by atoms with van der Waals surface area (Å²) in [5.41, 5.74) is 10.9. The summed E-state index contributed by atoms with van der Waals surface area (Å²) in [4.78, 5) is 0. The van der Waals surface area contributed by atoms with Crippen LogP contribution >= 0.6 is 22.6 Å². The van der Waals surface area contributed by atoms with Crippen LogP contribution in [-0.4, -0.2) is 0 Å². The van der Waals surface area contributed by atoms with E-state index < -0.39 is 0 Å². The van der Waals surface area contributed by atoms with Crippen molar-refractivity contribution in [3.05, 3.63) is 117 Å². The van der Waals surface area contributed by atoms with Gasteiger partial charge < -0.3 is 0 Å². The van der Waals surface area contributed by atoms with Crippen molar-refractivity contribution in [2.75, 3.05) is 0 Å². The van der Waals surface area contributed by atoms with Crippen molar-refractivity contribution in [1.82, 2.24) is 0 Å². The van der Waals surface area contributed by atoms with E-state index in [1.807, 2.05) is 0 Å². The van der Waals surface area contributed by atoms with Crippen LogP contribution in [0.2, 0.25) is 0 Å². The molecule has 0 nitrogen and oxygen atoms in total. The van der Waals surface area contributed by atoms with Crippen LogP contribution in [0, 0.1) is 3.57 Å². The molecular weight excluding hydrogens is 427 g/mol. The molecule has 0 heterocycles. The summed E-state index contributed by atoms with van der Waals surface area (Å²) >= 11 is 2.44. The molecule has 2 aliphatic rings. The molecule has 0 saturated carbocycles. The normalized spacial score (nSPS) is 14.7. The molecule has 6 rings (SSSR count). The lowest BCUT2D eigenvalue weighted by atomic mass is 9.70. The van der Waals surface area contributed by atoms with Gasteiger partial charge in [0.15, 0.2) is 0 Å². The summed E-state index contributed by atoms with van der Waals surface area (Å²) in [7, 11) is 0. The van der Waals surface area contributed by atoms with Gasteiger partial charge in [0.05, 0.1) is 5.41 Å². The van der Waals surface area contributed by atoms with E-state index >= 15 is 0 Å². The first-order valence-corrected chi connectivity index (χ1v) is 9.99. The van der Waals surface area contributed by atoms with Gasteiger partial charge in [-0.05, 0) is 79.2 Å². The maximum atomic E-state index is 2.44. The maximum absolute atomic E-state index is 2.44. The fourth-order valence-electron chi connectivity index (χ4n) is 5.07. The Labute approximate surface area is 166 Å². The van der Waals surface area contributed by atoms with Crippen molar-refractivity contribution in [3.63, 3.8) is 0 Å². The van der Waals surface area contributed by atoms with Gasteiger partial charge in [-0.25, -0.2) is 0 Å². The van der Waals surface area contributed by atoms with E-state index in [0.717, 1.165) is 0 Å². The van der Waals surface area contributed by atoms with Crippen LogP contribution < -0.4 is 0 Å². The third kappa shape index (κ3) is 1.61. The van der Waals surface area contributed by atoms with E-state index in [4.69, 9.17) is 0 Å². The van der Waals surface area contributed by atoms with Crippen molar-refractivity contribution >= 4 is 22.6 Å². The highest BCUT2D eigenvalue weighted by atomic mass is 127. The molecule has 2 aliphatic carbocycles. The lowest BCUT2D eigenvalue weighted by Crippen LogP contribution is -2.25. The first-order valence-electron chi connectivity index (χ1n) is 8.91. The molecule has 0 N–H and O–H groups in total. The number of fused-ring (bicyclic) bond motifs is 10. The zero-order valence-electron chi connectivity index (χ0n) is 14.0. The van der Waals surface area contributed by atoms with Crippen LogP contribution in [-0.2, 0) is 5.41 Å². The Morgan fingerprint density at radius 1 is 0.462 bits per heavy atom. The maximum Gasteiger partial charge on any atom is 0.0725 e. The predicted molar refractivity (Wildman–Crippen MR) is 115 cm³/mol. The van der Waals surface area contributed by atoms with Crippen molar-refractivity contribution in [2.45, 2.75) is 5.41 Å². The Morgan fingerprint density at radius 3 is 1.38 bits per heavy atom. The second-order valence-electron chi connectivity index (χ2n) is 7.08. The molecule has 0 saturated heterocycles. The zero-order chi connectivity index (χ0) is 17.3. The summed E-state index contributed by atoms with van der Waals surface area (Å²) in [6, 6.07) is 33.7. The van der Waals surface area contributed by atoms with E-state index in [-0.39, 0.29) is 5.41 Å². The van der Waals surface area contributed by atoms with Crippen molar-refractivity contribution < 1.29 is 0 Å². The molecule has 0 amide bonds. The molecule has 1 spiro atoms. The van der Waals surface area contributed by atoms with Crippen LogP contribution in [0.15, 0.2) is 91.0 Å². The highest BCUT2D eigenvalue weighted by Crippen LogP contribution is 2.62. The largest absolute Gasteiger partial charge is 0.0725 e. The van der Waals surface area contributed by atoms with Crippen molar-refractivity contribution in [1.29, 1.82) is 0 Å². The van der Waals surface area contributed by atoms with Crippen LogP contribution in [0.1, 0.15) is 22.3 Å². The van der Waals surface area contributed by atoms with Gasteiger partial charge in [-0.1, -0.05) is 78.9 Å². The van der Waals surface area contributed by atoms with Crippen LogP contribution in [0.4, 0.5) is 0 Å². The monoisotopic (exact) mass is 442 g/mol. The quantitative estimate of drug-likeness (QED) is 0.232. The molecule has 0 unspecified atom stereocenters. The fourth-order valence-corrected chi connectivity index (χ4v) is 5.56. The number of rotatable bonds is 0. The Bertz CT molecular complexity index is 1140. The molecule has 122 valence electrons. The van der Waals surface area contributed by atoms with Gasteiger partial charge in [0.1, 0.15) is 0 Å². The highest BCUT2D eigenvalue weighted by Gasteiger charge is 2.51. The summed E-state index contributed by atoms with van der Waals surface area (Å²) in [5.74, 6) is 0. The fraction of sp³-hybridized carbons (Fsp3) is 0.0400. The molecule has 4 aromatic carbocycles. The second-order valence-corrected chi connectivity index (χ2v) is 8.32. The first-order chi connectivity index (χ1) is 12.8. The lowest BCUT2D eigenvalue weighted by molar-refractivity contribution is 0.793. The lowest BCUT2D eigenvalue weighted by Gasteiger charge is -2.30. The number of benzene rings is 4. The van der Waals surface area contributed by atoms with E-state index in [9.17, 15) is 0 Å². The second kappa shape index (κ2) is 5.08. The SMILES string of the molecule is Ic1ccc2c(c1)C1(c3ccccc3-c3ccccc31)c1ccccc1-2. The number of hydrogen-bond donors (Lipinski definition) is 0. The molecule has 4 aromatic rings. The Balaban J connectivity index is 1.88. The molecule has 0 atom stereocenters. The smallest absolute Gasteiger partial charge is 0.0619 e. The third-order valence-corrected chi connectivity index (χ3v) is 6.63. The number of hydrogen-bond acceptors (Lipinski definition) is 0. The molecule has 0 aliphatic heterocycles. The van der Waals surface area contributed by atoms with Gasteiger partial charge in [0.2, 0.25) is 0 Å². The summed E-state index contributed by atoms with van der Waals surface area (Å²) in [6.07, 6.45) is 0. The minimum Gasteiger partial charge on any atom is -0.0619 e. The Morgan fingerprint density at radius 2 is 0.885 bits per heavy atom. The van der Waals surface area contributed by atoms with Gasteiger partial charge in [0, 0.05) is 3.57 Å². The first kappa shape index (κ1) is 14.7.